The molecule has 3 amide bonds. The average molecular weight is 468 g/mol. The van der Waals surface area contributed by atoms with E-state index in [1.54, 1.807) is 31.4 Å². The van der Waals surface area contributed by atoms with E-state index in [1.165, 1.54) is 12.1 Å². The SMILES string of the molecule is COc1ccc(-c2[nH][nH]c3c4cccc(NC(=O)N=NC(=O)c5ccc(N)cc5)c4c(O)c2-3)cc1. The molecule has 1 aliphatic heterocycles. The van der Waals surface area contributed by atoms with Crippen LogP contribution in [-0.2, 0) is 0 Å². The molecule has 0 atom stereocenters. The number of azo groups is 1. The van der Waals surface area contributed by atoms with E-state index in [0.717, 1.165) is 5.56 Å². The first kappa shape index (κ1) is 21.7. The molecule has 0 unspecified atom stereocenters. The van der Waals surface area contributed by atoms with Crippen molar-refractivity contribution in [3.05, 3.63) is 72.3 Å². The highest BCUT2D eigenvalue weighted by molar-refractivity contribution is 6.16. The molecule has 3 aromatic carbocycles. The number of fused-ring (bicyclic) bond motifs is 3. The van der Waals surface area contributed by atoms with Gasteiger partial charge in [-0.1, -0.05) is 17.2 Å². The Morgan fingerprint density at radius 2 is 1.66 bits per heavy atom. The number of hydrogen-bond acceptors (Lipinski definition) is 5. The molecule has 2 aliphatic rings. The number of ether oxygens (including phenoxy) is 1. The van der Waals surface area contributed by atoms with Crippen molar-refractivity contribution in [3.63, 3.8) is 0 Å². The number of nitrogens with one attached hydrogen (secondary N) is 3. The number of hydrogen-bond donors (Lipinski definition) is 5. The Hall–Kier alpha value is -5.12. The zero-order valence-corrected chi connectivity index (χ0v) is 18.5. The highest BCUT2D eigenvalue weighted by Gasteiger charge is 2.26. The molecular formula is C25H20N6O4. The van der Waals surface area contributed by atoms with Crippen molar-refractivity contribution < 1.29 is 19.4 Å². The van der Waals surface area contributed by atoms with Crippen LogP contribution in [0.15, 0.2) is 77.0 Å². The van der Waals surface area contributed by atoms with Crippen LogP contribution in [0.2, 0.25) is 0 Å². The number of amides is 3. The van der Waals surface area contributed by atoms with Gasteiger partial charge in [0.15, 0.2) is 0 Å². The van der Waals surface area contributed by atoms with Crippen LogP contribution in [0, 0.1) is 0 Å². The topological polar surface area (TPSA) is 158 Å². The van der Waals surface area contributed by atoms with Gasteiger partial charge < -0.3 is 20.9 Å². The zero-order chi connectivity index (χ0) is 24.5. The lowest BCUT2D eigenvalue weighted by Crippen LogP contribution is -2.06. The van der Waals surface area contributed by atoms with Gasteiger partial charge in [-0.2, -0.15) is 0 Å². The maximum absolute atomic E-state index is 12.4. The number of nitrogen functional groups attached to an aromatic ring is 1. The predicted octanol–water partition coefficient (Wildman–Crippen LogP) is 5.39. The molecule has 174 valence electrons. The largest absolute Gasteiger partial charge is 0.506 e. The number of nitrogens with zero attached hydrogens (tertiary/aromatic N) is 2. The molecule has 35 heavy (non-hydrogen) atoms. The van der Waals surface area contributed by atoms with Crippen LogP contribution in [0.3, 0.4) is 0 Å². The maximum Gasteiger partial charge on any atom is 0.364 e. The number of aromatic amines is 2. The third-order valence-electron chi connectivity index (χ3n) is 5.63. The molecule has 1 heterocycles. The number of nitrogens with two attached hydrogens (primary N) is 1. The van der Waals surface area contributed by atoms with Gasteiger partial charge in [-0.25, -0.2) is 4.79 Å². The van der Waals surface area contributed by atoms with Gasteiger partial charge in [0.05, 0.1) is 35.1 Å². The van der Waals surface area contributed by atoms with Gasteiger partial charge in [0.2, 0.25) is 0 Å². The molecule has 1 aliphatic carbocycles. The summed E-state index contributed by atoms with van der Waals surface area (Å²) in [6.07, 6.45) is 0. The summed E-state index contributed by atoms with van der Waals surface area (Å²) >= 11 is 0. The molecule has 0 aromatic heterocycles. The van der Waals surface area contributed by atoms with Gasteiger partial charge in [0.25, 0.3) is 5.91 Å². The lowest BCUT2D eigenvalue weighted by molar-refractivity contribution is 0.0994. The molecule has 0 radical (unpaired) electrons. The zero-order valence-electron chi connectivity index (χ0n) is 18.5. The molecule has 0 saturated carbocycles. The Morgan fingerprint density at radius 1 is 0.943 bits per heavy atom. The van der Waals surface area contributed by atoms with Crippen LogP contribution in [-0.4, -0.2) is 34.4 Å². The molecule has 3 aromatic rings. The summed E-state index contributed by atoms with van der Waals surface area (Å²) in [5.41, 5.74) is 9.47. The van der Waals surface area contributed by atoms with Gasteiger partial charge in [0.1, 0.15) is 11.5 Å². The van der Waals surface area contributed by atoms with Crippen LogP contribution in [0.4, 0.5) is 16.2 Å². The monoisotopic (exact) mass is 468 g/mol. The minimum Gasteiger partial charge on any atom is -0.506 e. The van der Waals surface area contributed by atoms with Gasteiger partial charge in [-0.3, -0.25) is 15.0 Å². The second-order valence-electron chi connectivity index (χ2n) is 7.74. The van der Waals surface area contributed by atoms with E-state index in [2.05, 4.69) is 25.7 Å². The number of aromatic hydroxyl groups is 1. The number of urea groups is 1. The lowest BCUT2D eigenvalue weighted by atomic mass is 10.1. The smallest absolute Gasteiger partial charge is 0.364 e. The van der Waals surface area contributed by atoms with Crippen molar-refractivity contribution in [3.8, 4) is 34.0 Å². The quantitative estimate of drug-likeness (QED) is 0.176. The predicted molar refractivity (Wildman–Crippen MR) is 132 cm³/mol. The minimum absolute atomic E-state index is 0.0101. The van der Waals surface area contributed by atoms with Crippen molar-refractivity contribution >= 4 is 34.1 Å². The highest BCUT2D eigenvalue weighted by atomic mass is 16.5. The second-order valence-corrected chi connectivity index (χ2v) is 7.74. The first-order chi connectivity index (χ1) is 17.0. The van der Waals surface area contributed by atoms with E-state index < -0.39 is 11.9 Å². The summed E-state index contributed by atoms with van der Waals surface area (Å²) in [6.45, 7) is 0. The average Bonchev–Trinajstić information content (AvgIpc) is 3.43. The van der Waals surface area contributed by atoms with Crippen molar-refractivity contribution in [2.24, 2.45) is 10.2 Å². The molecule has 5 rings (SSSR count). The summed E-state index contributed by atoms with van der Waals surface area (Å²) in [5.74, 6) is 0.0260. The number of benzene rings is 3. The van der Waals surface area contributed by atoms with Crippen molar-refractivity contribution in [2.45, 2.75) is 0 Å². The Labute approximate surface area is 198 Å². The molecule has 10 nitrogen and oxygen atoms in total. The van der Waals surface area contributed by atoms with Crippen LogP contribution in [0.25, 0.3) is 33.3 Å². The minimum atomic E-state index is -0.854. The van der Waals surface area contributed by atoms with Gasteiger partial charge in [-0.15, -0.1) is 5.11 Å². The van der Waals surface area contributed by atoms with Gasteiger partial charge in [-0.05, 0) is 54.6 Å². The maximum atomic E-state index is 12.4. The fourth-order valence-corrected chi connectivity index (χ4v) is 3.95. The second kappa shape index (κ2) is 8.67. The van der Waals surface area contributed by atoms with E-state index in [-0.39, 0.29) is 11.3 Å². The van der Waals surface area contributed by atoms with E-state index in [1.807, 2.05) is 30.3 Å². The highest BCUT2D eigenvalue weighted by Crippen LogP contribution is 2.49. The molecule has 0 spiro atoms. The third kappa shape index (κ3) is 3.93. The van der Waals surface area contributed by atoms with Gasteiger partial charge in [0, 0.05) is 22.2 Å². The molecular weight excluding hydrogens is 448 g/mol. The summed E-state index contributed by atoms with van der Waals surface area (Å²) in [6, 6.07) is 17.8. The fourth-order valence-electron chi connectivity index (χ4n) is 3.95. The number of carbonyl (C=O) groups is 2. The number of rotatable bonds is 4. The summed E-state index contributed by atoms with van der Waals surface area (Å²) in [5, 5.41) is 28.0. The number of methoxy groups -OCH3 is 1. The molecule has 6 N–H and O–H groups in total. The number of aromatic nitrogens is 2. The third-order valence-corrected chi connectivity index (χ3v) is 5.63. The first-order valence-electron chi connectivity index (χ1n) is 10.6. The van der Waals surface area contributed by atoms with Crippen molar-refractivity contribution in [1.29, 1.82) is 0 Å². The summed E-state index contributed by atoms with van der Waals surface area (Å²) < 4.78 is 5.21. The van der Waals surface area contributed by atoms with E-state index >= 15 is 0 Å². The number of anilines is 2. The van der Waals surface area contributed by atoms with Gasteiger partial charge >= 0.3 is 6.03 Å². The Morgan fingerprint density at radius 3 is 2.37 bits per heavy atom. The van der Waals surface area contributed by atoms with Crippen LogP contribution in [0.5, 0.6) is 11.5 Å². The standard InChI is InChI=1S/C25H20N6O4/c1-35-16-11-7-13(8-12-16)21-20-22(29-28-21)17-3-2-4-18(19(17)23(20)32)27-25(34)31-30-24(33)14-5-9-15(26)10-6-14/h2-12,28-29,32H,26H2,1H3,(H,27,34). The van der Waals surface area contributed by atoms with Crippen LogP contribution in [0.1, 0.15) is 10.4 Å². The summed E-state index contributed by atoms with van der Waals surface area (Å²) in [4.78, 5) is 24.5. The fraction of sp³-hybridized carbons (Fsp3) is 0.0400. The Bertz CT molecular complexity index is 1550. The van der Waals surface area contributed by atoms with Crippen LogP contribution >= 0.6 is 0 Å². The van der Waals surface area contributed by atoms with E-state index in [9.17, 15) is 14.7 Å². The van der Waals surface area contributed by atoms with Crippen LogP contribution < -0.4 is 15.8 Å². The Kier molecular flexibility index (Phi) is 5.38. The number of carbonyl (C=O) groups excluding carboxylic acids is 2. The molecule has 0 saturated heterocycles. The normalized spacial score (nSPS) is 11.3. The molecule has 0 bridgehead atoms. The van der Waals surface area contributed by atoms with Crippen molar-refractivity contribution in [2.75, 3.05) is 18.2 Å². The van der Waals surface area contributed by atoms with Crippen molar-refractivity contribution in [1.82, 2.24) is 10.2 Å². The van der Waals surface area contributed by atoms with E-state index in [4.69, 9.17) is 10.5 Å². The molecule has 10 heteroatoms. The van der Waals surface area contributed by atoms with E-state index in [0.29, 0.717) is 44.8 Å². The number of H-pyrrole nitrogens is 2. The lowest BCUT2D eigenvalue weighted by Gasteiger charge is -2.05. The molecule has 0 fully saturated rings. The Balaban J connectivity index is 1.45. The summed E-state index contributed by atoms with van der Waals surface area (Å²) in [7, 11) is 1.59. The first-order valence-corrected chi connectivity index (χ1v) is 10.6.